The average molecular weight is 155 g/mol. The number of ether oxygens (including phenoxy) is 1. The molecule has 1 aliphatic rings. The van der Waals surface area contributed by atoms with Gasteiger partial charge in [0.05, 0.1) is 12.2 Å². The van der Waals surface area contributed by atoms with Crippen molar-refractivity contribution in [1.29, 1.82) is 0 Å². The van der Waals surface area contributed by atoms with Gasteiger partial charge in [-0.2, -0.15) is 0 Å². The van der Waals surface area contributed by atoms with Gasteiger partial charge in [-0.1, -0.05) is 0 Å². The third kappa shape index (κ3) is 0.906. The lowest BCUT2D eigenvalue weighted by Crippen LogP contribution is -2.28. The first-order valence-corrected chi connectivity index (χ1v) is 3.32. The van der Waals surface area contributed by atoms with Gasteiger partial charge >= 0.3 is 5.88 Å². The van der Waals surface area contributed by atoms with Crippen molar-refractivity contribution in [3.63, 3.8) is 0 Å². The number of hydrogen-bond acceptors (Lipinski definition) is 2. The topological polar surface area (TPSA) is 36.2 Å². The van der Waals surface area contributed by atoms with Gasteiger partial charge in [0.15, 0.2) is 5.82 Å². The molecular formula is C7H6FNO2. The molecule has 0 aliphatic carbocycles. The van der Waals surface area contributed by atoms with Crippen molar-refractivity contribution in [3.8, 4) is 5.88 Å². The minimum atomic E-state index is -0.510. The standard InChI is InChI=1S/C7H6FNO2/c8-6-3-5-1-2-11-7(5)9(10)4-6/h3-4H,1-2H2. The predicted molar refractivity (Wildman–Crippen MR) is 34.6 cm³/mol. The number of nitrogens with zero attached hydrogens (tertiary/aromatic N) is 1. The van der Waals surface area contributed by atoms with Gasteiger partial charge < -0.3 is 9.94 Å². The van der Waals surface area contributed by atoms with Gasteiger partial charge in [0, 0.05) is 6.42 Å². The molecule has 1 aliphatic heterocycles. The molecule has 0 amide bonds. The molecule has 2 rings (SSSR count). The smallest absolute Gasteiger partial charge is 0.383 e. The molecule has 1 aromatic heterocycles. The number of hydrogen-bond donors (Lipinski definition) is 0. The second-order valence-corrected chi connectivity index (χ2v) is 2.41. The van der Waals surface area contributed by atoms with Crippen LogP contribution in [0.4, 0.5) is 4.39 Å². The maximum atomic E-state index is 12.5. The van der Waals surface area contributed by atoms with E-state index in [4.69, 9.17) is 4.74 Å². The van der Waals surface area contributed by atoms with Crippen molar-refractivity contribution in [2.75, 3.05) is 6.61 Å². The maximum Gasteiger partial charge on any atom is 0.383 e. The number of aromatic nitrogens is 1. The summed E-state index contributed by atoms with van der Waals surface area (Å²) in [6.45, 7) is 0.473. The van der Waals surface area contributed by atoms with Crippen molar-refractivity contribution < 1.29 is 13.9 Å². The Labute approximate surface area is 62.6 Å². The van der Waals surface area contributed by atoms with Gasteiger partial charge in [0.1, 0.15) is 0 Å². The fourth-order valence-corrected chi connectivity index (χ4v) is 1.17. The third-order valence-corrected chi connectivity index (χ3v) is 1.64. The summed E-state index contributed by atoms with van der Waals surface area (Å²) in [4.78, 5) is 0. The van der Waals surface area contributed by atoms with E-state index < -0.39 is 5.82 Å². The summed E-state index contributed by atoms with van der Waals surface area (Å²) < 4.78 is 17.9. The Morgan fingerprint density at radius 1 is 1.64 bits per heavy atom. The SMILES string of the molecule is [O-][n+]1cc(F)cc2c1OCC2. The van der Waals surface area contributed by atoms with Crippen LogP contribution in [0.15, 0.2) is 12.3 Å². The number of fused-ring (bicyclic) bond motifs is 1. The molecule has 0 spiro atoms. The molecule has 0 aromatic carbocycles. The molecule has 2 heterocycles. The van der Waals surface area contributed by atoms with E-state index in [9.17, 15) is 9.60 Å². The van der Waals surface area contributed by atoms with Gasteiger partial charge in [-0.15, -0.1) is 4.73 Å². The summed E-state index contributed by atoms with van der Waals surface area (Å²) in [7, 11) is 0. The van der Waals surface area contributed by atoms with E-state index in [1.165, 1.54) is 6.07 Å². The van der Waals surface area contributed by atoms with Gasteiger partial charge in [0.25, 0.3) is 0 Å². The Morgan fingerprint density at radius 2 is 2.45 bits per heavy atom. The van der Waals surface area contributed by atoms with E-state index >= 15 is 0 Å². The Kier molecular flexibility index (Phi) is 1.21. The third-order valence-electron chi connectivity index (χ3n) is 1.64. The van der Waals surface area contributed by atoms with Crippen LogP contribution >= 0.6 is 0 Å². The quantitative estimate of drug-likeness (QED) is 0.401. The van der Waals surface area contributed by atoms with Gasteiger partial charge in [-0.05, 0) is 6.07 Å². The number of halogens is 1. The summed E-state index contributed by atoms with van der Waals surface area (Å²) >= 11 is 0. The molecule has 3 nitrogen and oxygen atoms in total. The summed E-state index contributed by atoms with van der Waals surface area (Å²) in [5.74, 6) is -0.268. The van der Waals surface area contributed by atoms with E-state index in [0.29, 0.717) is 23.3 Å². The van der Waals surface area contributed by atoms with Crippen LogP contribution in [0.5, 0.6) is 5.88 Å². The van der Waals surface area contributed by atoms with Crippen LogP contribution in [0.25, 0.3) is 0 Å². The first-order valence-electron chi connectivity index (χ1n) is 3.32. The van der Waals surface area contributed by atoms with Crippen molar-refractivity contribution >= 4 is 0 Å². The number of rotatable bonds is 0. The van der Waals surface area contributed by atoms with Crippen LogP contribution in [0.1, 0.15) is 5.56 Å². The fraction of sp³-hybridized carbons (Fsp3) is 0.286. The van der Waals surface area contributed by atoms with E-state index in [2.05, 4.69) is 0 Å². The van der Waals surface area contributed by atoms with E-state index in [0.717, 1.165) is 6.20 Å². The van der Waals surface area contributed by atoms with Crippen LogP contribution in [0, 0.1) is 11.0 Å². The Bertz CT molecular complexity index is 301. The maximum absolute atomic E-state index is 12.5. The van der Waals surface area contributed by atoms with Gasteiger partial charge in [0.2, 0.25) is 6.20 Å². The molecule has 0 fully saturated rings. The van der Waals surface area contributed by atoms with Crippen LogP contribution in [-0.2, 0) is 6.42 Å². The van der Waals surface area contributed by atoms with Crippen molar-refractivity contribution in [1.82, 2.24) is 0 Å². The normalized spacial score (nSPS) is 14.3. The highest BCUT2D eigenvalue weighted by atomic mass is 19.1. The zero-order chi connectivity index (χ0) is 7.84. The summed E-state index contributed by atoms with van der Waals surface area (Å²) in [5.41, 5.74) is 0.653. The minimum absolute atomic E-state index is 0.242. The lowest BCUT2D eigenvalue weighted by Gasteiger charge is -2.00. The average Bonchev–Trinajstić information content (AvgIpc) is 2.34. The second kappa shape index (κ2) is 2.08. The van der Waals surface area contributed by atoms with Crippen molar-refractivity contribution in [2.45, 2.75) is 6.42 Å². The van der Waals surface area contributed by atoms with Crippen LogP contribution < -0.4 is 9.47 Å². The van der Waals surface area contributed by atoms with Crippen molar-refractivity contribution in [2.24, 2.45) is 0 Å². The Balaban J connectivity index is 2.60. The predicted octanol–water partition coefficient (Wildman–Crippen LogP) is 0.394. The number of pyridine rings is 1. The van der Waals surface area contributed by atoms with Crippen LogP contribution in [0.3, 0.4) is 0 Å². The zero-order valence-electron chi connectivity index (χ0n) is 5.71. The first-order chi connectivity index (χ1) is 5.27. The Hall–Kier alpha value is -1.32. The van der Waals surface area contributed by atoms with Crippen molar-refractivity contribution in [3.05, 3.63) is 28.9 Å². The van der Waals surface area contributed by atoms with E-state index in [1.54, 1.807) is 0 Å². The first kappa shape index (κ1) is 6.39. The summed E-state index contributed by atoms with van der Waals surface area (Å²) in [6.07, 6.45) is 1.49. The molecule has 11 heavy (non-hydrogen) atoms. The second-order valence-electron chi connectivity index (χ2n) is 2.41. The largest absolute Gasteiger partial charge is 0.616 e. The van der Waals surface area contributed by atoms with E-state index in [-0.39, 0.29) is 5.88 Å². The monoisotopic (exact) mass is 155 g/mol. The van der Waals surface area contributed by atoms with Crippen LogP contribution in [-0.4, -0.2) is 6.61 Å². The van der Waals surface area contributed by atoms with Gasteiger partial charge in [-0.25, -0.2) is 4.39 Å². The van der Waals surface area contributed by atoms with Gasteiger partial charge in [-0.3, -0.25) is 0 Å². The Morgan fingerprint density at radius 3 is 3.27 bits per heavy atom. The molecule has 0 bridgehead atoms. The minimum Gasteiger partial charge on any atom is -0.616 e. The highest BCUT2D eigenvalue weighted by Crippen LogP contribution is 2.20. The molecular weight excluding hydrogens is 149 g/mol. The molecule has 0 radical (unpaired) electrons. The molecule has 0 atom stereocenters. The van der Waals surface area contributed by atoms with Crippen LogP contribution in [0.2, 0.25) is 0 Å². The molecule has 0 N–H and O–H groups in total. The fourth-order valence-electron chi connectivity index (χ4n) is 1.17. The molecule has 4 heteroatoms. The molecule has 0 saturated heterocycles. The zero-order valence-corrected chi connectivity index (χ0v) is 5.71. The summed E-state index contributed by atoms with van der Waals surface area (Å²) in [6, 6.07) is 1.33. The molecule has 58 valence electrons. The lowest BCUT2D eigenvalue weighted by atomic mass is 10.2. The molecule has 0 saturated carbocycles. The molecule has 1 aromatic rings. The van der Waals surface area contributed by atoms with E-state index in [1.807, 2.05) is 0 Å². The highest BCUT2D eigenvalue weighted by molar-refractivity contribution is 5.25. The summed E-state index contributed by atoms with van der Waals surface area (Å²) in [5, 5.41) is 10.9. The lowest BCUT2D eigenvalue weighted by molar-refractivity contribution is -0.613. The molecule has 0 unspecified atom stereocenters. The highest BCUT2D eigenvalue weighted by Gasteiger charge is 2.22.